The van der Waals surface area contributed by atoms with E-state index < -0.39 is 0 Å². The molecule has 0 N–H and O–H groups in total. The van der Waals surface area contributed by atoms with Gasteiger partial charge in [-0.1, -0.05) is 30.3 Å². The standard InChI is InChI=1S/C29H19N2.Pt/c1-4-12-23(13-5-1)25-16-10-19-27(22-25)31(26-17-8-3-9-18-26)29-21-11-20-28(30-29)24-14-6-2-7-15-24;/h1-12,14,16-21H;/q-3;. The van der Waals surface area contributed by atoms with Crippen molar-refractivity contribution < 1.29 is 21.1 Å². The Bertz CT molecular complexity index is 1190. The molecule has 0 radical (unpaired) electrons. The molecule has 5 rings (SSSR count). The fraction of sp³-hybridized carbons (Fsp3) is 0. The minimum Gasteiger partial charge on any atom is -0.315 e. The Morgan fingerprint density at radius 2 is 1.22 bits per heavy atom. The van der Waals surface area contributed by atoms with Crippen LogP contribution in [0.5, 0.6) is 0 Å². The van der Waals surface area contributed by atoms with Crippen LogP contribution in [0.3, 0.4) is 0 Å². The summed E-state index contributed by atoms with van der Waals surface area (Å²) in [7, 11) is 0. The van der Waals surface area contributed by atoms with Crippen molar-refractivity contribution in [3.63, 3.8) is 0 Å². The topological polar surface area (TPSA) is 16.1 Å². The van der Waals surface area contributed by atoms with E-state index in [1.807, 2.05) is 91.0 Å². The molecule has 4 aromatic carbocycles. The van der Waals surface area contributed by atoms with Gasteiger partial charge in [0.2, 0.25) is 0 Å². The first-order chi connectivity index (χ1) is 15.4. The SMILES string of the molecule is [Pt].[c-]1ccccc1-c1[c-]c(N(c2ccccc2)c2cccc(-c3[c-]cccc3)n2)ccc1. The molecular formula is C29H19N2Pt-3. The molecule has 0 unspecified atom stereocenters. The van der Waals surface area contributed by atoms with Crippen molar-refractivity contribution in [2.24, 2.45) is 0 Å². The smallest absolute Gasteiger partial charge is 0.126 e. The first-order valence-electron chi connectivity index (χ1n) is 10.2. The number of pyridine rings is 1. The molecule has 0 aliphatic heterocycles. The van der Waals surface area contributed by atoms with Gasteiger partial charge in [0.05, 0.1) is 0 Å². The molecule has 1 aromatic heterocycles. The van der Waals surface area contributed by atoms with Crippen LogP contribution in [-0.2, 0) is 21.1 Å². The predicted octanol–water partition coefficient (Wildman–Crippen LogP) is 7.28. The Balaban J connectivity index is 0.00000245. The Morgan fingerprint density at radius 3 is 1.94 bits per heavy atom. The van der Waals surface area contributed by atoms with E-state index in [2.05, 4.69) is 47.4 Å². The number of hydrogen-bond acceptors (Lipinski definition) is 2. The Kier molecular flexibility index (Phi) is 6.94. The molecule has 32 heavy (non-hydrogen) atoms. The second-order valence-electron chi connectivity index (χ2n) is 7.05. The van der Waals surface area contributed by atoms with Gasteiger partial charge in [0, 0.05) is 26.8 Å². The van der Waals surface area contributed by atoms with E-state index in [1.54, 1.807) is 0 Å². The maximum absolute atomic E-state index is 4.97. The monoisotopic (exact) mass is 590 g/mol. The van der Waals surface area contributed by atoms with Crippen LogP contribution < -0.4 is 4.90 Å². The third-order valence-corrected chi connectivity index (χ3v) is 4.98. The number of para-hydroxylation sites is 1. The van der Waals surface area contributed by atoms with Crippen LogP contribution in [-0.4, -0.2) is 4.98 Å². The van der Waals surface area contributed by atoms with E-state index in [9.17, 15) is 0 Å². The molecule has 158 valence electrons. The Morgan fingerprint density at radius 1 is 0.562 bits per heavy atom. The first-order valence-corrected chi connectivity index (χ1v) is 10.2. The predicted molar refractivity (Wildman–Crippen MR) is 126 cm³/mol. The van der Waals surface area contributed by atoms with E-state index in [4.69, 9.17) is 4.98 Å². The summed E-state index contributed by atoms with van der Waals surface area (Å²) in [5, 5.41) is 0. The fourth-order valence-corrected chi connectivity index (χ4v) is 3.53. The summed E-state index contributed by atoms with van der Waals surface area (Å²) in [5.41, 5.74) is 5.79. The number of rotatable bonds is 5. The second-order valence-corrected chi connectivity index (χ2v) is 7.05. The molecular weight excluding hydrogens is 571 g/mol. The van der Waals surface area contributed by atoms with Crippen LogP contribution >= 0.6 is 0 Å². The summed E-state index contributed by atoms with van der Waals surface area (Å²) in [6, 6.07) is 48.5. The summed E-state index contributed by atoms with van der Waals surface area (Å²) >= 11 is 0. The first kappa shape index (κ1) is 21.7. The molecule has 0 aliphatic rings. The minimum atomic E-state index is 0. The normalized spacial score (nSPS) is 10.2. The van der Waals surface area contributed by atoms with Crippen molar-refractivity contribution >= 4 is 17.2 Å². The van der Waals surface area contributed by atoms with Crippen LogP contribution in [0, 0.1) is 18.2 Å². The van der Waals surface area contributed by atoms with Gasteiger partial charge >= 0.3 is 0 Å². The molecule has 0 amide bonds. The van der Waals surface area contributed by atoms with E-state index >= 15 is 0 Å². The van der Waals surface area contributed by atoms with Gasteiger partial charge in [0.1, 0.15) is 5.82 Å². The quantitative estimate of drug-likeness (QED) is 0.200. The Hall–Kier alpha value is -3.48. The molecule has 0 bridgehead atoms. The van der Waals surface area contributed by atoms with Crippen LogP contribution in [0.15, 0.2) is 115 Å². The summed E-state index contributed by atoms with van der Waals surface area (Å²) in [4.78, 5) is 7.09. The Labute approximate surface area is 203 Å². The van der Waals surface area contributed by atoms with Crippen molar-refractivity contribution in [2.75, 3.05) is 4.90 Å². The van der Waals surface area contributed by atoms with Gasteiger partial charge in [-0.2, -0.15) is 42.5 Å². The van der Waals surface area contributed by atoms with Crippen molar-refractivity contribution in [3.05, 3.63) is 133 Å². The van der Waals surface area contributed by atoms with Crippen LogP contribution in [0.4, 0.5) is 17.2 Å². The van der Waals surface area contributed by atoms with Crippen molar-refractivity contribution in [3.8, 4) is 22.4 Å². The van der Waals surface area contributed by atoms with Crippen molar-refractivity contribution in [1.29, 1.82) is 0 Å². The van der Waals surface area contributed by atoms with E-state index in [1.165, 1.54) is 0 Å². The molecule has 2 nitrogen and oxygen atoms in total. The summed E-state index contributed by atoms with van der Waals surface area (Å²) in [6.07, 6.45) is 0. The average molecular weight is 591 g/mol. The maximum Gasteiger partial charge on any atom is 0.126 e. The number of benzene rings is 4. The molecule has 0 fully saturated rings. The molecule has 3 heteroatoms. The summed E-state index contributed by atoms with van der Waals surface area (Å²) < 4.78 is 0. The van der Waals surface area contributed by atoms with Crippen LogP contribution in [0.1, 0.15) is 0 Å². The average Bonchev–Trinajstić information content (AvgIpc) is 2.86. The largest absolute Gasteiger partial charge is 0.315 e. The number of anilines is 3. The minimum absolute atomic E-state index is 0. The molecule has 0 saturated carbocycles. The third kappa shape index (κ3) is 4.71. The maximum atomic E-state index is 4.97. The van der Waals surface area contributed by atoms with Gasteiger partial charge in [-0.05, 0) is 29.6 Å². The van der Waals surface area contributed by atoms with Gasteiger partial charge in [-0.15, -0.1) is 48.0 Å². The number of hydrogen-bond donors (Lipinski definition) is 0. The van der Waals surface area contributed by atoms with E-state index in [0.29, 0.717) is 0 Å². The summed E-state index contributed by atoms with van der Waals surface area (Å²) in [5.74, 6) is 0.825. The van der Waals surface area contributed by atoms with Crippen molar-refractivity contribution in [2.45, 2.75) is 0 Å². The van der Waals surface area contributed by atoms with Crippen LogP contribution in [0.2, 0.25) is 0 Å². The zero-order valence-corrected chi connectivity index (χ0v) is 19.5. The molecule has 0 saturated heterocycles. The fourth-order valence-electron chi connectivity index (χ4n) is 3.53. The van der Waals surface area contributed by atoms with Crippen LogP contribution in [0.25, 0.3) is 22.4 Å². The van der Waals surface area contributed by atoms with Gasteiger partial charge in [-0.3, -0.25) is 4.98 Å². The van der Waals surface area contributed by atoms with Gasteiger partial charge in [0.15, 0.2) is 0 Å². The van der Waals surface area contributed by atoms with Gasteiger partial charge < -0.3 is 4.90 Å². The molecule has 5 aromatic rings. The van der Waals surface area contributed by atoms with E-state index in [0.717, 1.165) is 39.6 Å². The molecule has 0 spiro atoms. The van der Waals surface area contributed by atoms with Gasteiger partial charge in [0.25, 0.3) is 0 Å². The zero-order chi connectivity index (χ0) is 20.9. The van der Waals surface area contributed by atoms with E-state index in [-0.39, 0.29) is 21.1 Å². The number of nitrogens with zero attached hydrogens (tertiary/aromatic N) is 2. The number of aromatic nitrogens is 1. The van der Waals surface area contributed by atoms with Crippen molar-refractivity contribution in [1.82, 2.24) is 4.98 Å². The third-order valence-electron chi connectivity index (χ3n) is 4.98. The van der Waals surface area contributed by atoms with Gasteiger partial charge in [-0.25, -0.2) is 11.1 Å². The second kappa shape index (κ2) is 10.2. The zero-order valence-electron chi connectivity index (χ0n) is 17.2. The molecule has 0 atom stereocenters. The molecule has 0 aliphatic carbocycles. The molecule has 1 heterocycles. The summed E-state index contributed by atoms with van der Waals surface area (Å²) in [6.45, 7) is 0.